The Morgan fingerprint density at radius 3 is 2.32 bits per heavy atom. The maximum absolute atomic E-state index is 12.3. The van der Waals surface area contributed by atoms with Crippen molar-refractivity contribution in [2.45, 2.75) is 45.5 Å². The first-order valence-corrected chi connectivity index (χ1v) is 10.1. The summed E-state index contributed by atoms with van der Waals surface area (Å²) in [6.45, 7) is 8.17. The summed E-state index contributed by atoms with van der Waals surface area (Å²) in [5.74, 6) is -0.659. The second-order valence-corrected chi connectivity index (χ2v) is 8.54. The van der Waals surface area contributed by atoms with Crippen molar-refractivity contribution >= 4 is 29.5 Å². The van der Waals surface area contributed by atoms with Crippen LogP contribution in [-0.2, 0) is 20.8 Å². The molecule has 1 fully saturated rings. The van der Waals surface area contributed by atoms with Gasteiger partial charge in [0.25, 0.3) is 5.91 Å². The molecule has 0 atom stereocenters. The van der Waals surface area contributed by atoms with E-state index in [4.69, 9.17) is 18.6 Å². The minimum absolute atomic E-state index is 0.116. The van der Waals surface area contributed by atoms with Crippen LogP contribution in [0.15, 0.2) is 63.8 Å². The smallest absolute Gasteiger partial charge is 0.422 e. The van der Waals surface area contributed by atoms with E-state index in [1.54, 1.807) is 24.3 Å². The van der Waals surface area contributed by atoms with Crippen molar-refractivity contribution in [2.75, 3.05) is 0 Å². The number of amides is 1. The molecule has 2 aromatic carbocycles. The van der Waals surface area contributed by atoms with Gasteiger partial charge in [-0.05, 0) is 50.9 Å². The molecule has 0 spiro atoms. The number of fused-ring (bicyclic) bond motifs is 1. The van der Waals surface area contributed by atoms with Gasteiger partial charge in [-0.1, -0.05) is 42.5 Å². The molecule has 0 unspecified atom stereocenters. The van der Waals surface area contributed by atoms with Crippen LogP contribution in [0, 0.1) is 0 Å². The second kappa shape index (κ2) is 7.96. The Morgan fingerprint density at radius 1 is 1.00 bits per heavy atom. The van der Waals surface area contributed by atoms with E-state index in [2.05, 4.69) is 5.48 Å². The van der Waals surface area contributed by atoms with Crippen LogP contribution in [0.5, 0.6) is 0 Å². The quantitative estimate of drug-likeness (QED) is 0.387. The lowest BCUT2D eigenvalue weighted by Gasteiger charge is -2.32. The number of benzene rings is 2. The van der Waals surface area contributed by atoms with Crippen LogP contribution in [0.1, 0.15) is 43.6 Å². The fourth-order valence-corrected chi connectivity index (χ4v) is 3.21. The Balaban J connectivity index is 1.36. The Labute approximate surface area is 180 Å². The molecular weight excluding hydrogens is 397 g/mol. The van der Waals surface area contributed by atoms with Crippen LogP contribution in [0.4, 0.5) is 0 Å². The van der Waals surface area contributed by atoms with Crippen LogP contribution in [0.2, 0.25) is 0 Å². The van der Waals surface area contributed by atoms with Crippen LogP contribution < -0.4 is 16.6 Å². The van der Waals surface area contributed by atoms with E-state index < -0.39 is 29.9 Å². The first-order chi connectivity index (χ1) is 14.7. The molecule has 160 valence electrons. The van der Waals surface area contributed by atoms with Crippen molar-refractivity contribution in [3.05, 3.63) is 76.1 Å². The van der Waals surface area contributed by atoms with Crippen LogP contribution >= 0.6 is 0 Å². The van der Waals surface area contributed by atoms with Crippen LogP contribution in [-0.4, -0.2) is 24.2 Å². The Bertz CT molecular complexity index is 1150. The normalized spacial score (nSPS) is 17.1. The van der Waals surface area contributed by atoms with Crippen molar-refractivity contribution in [2.24, 2.45) is 0 Å². The third kappa shape index (κ3) is 4.28. The summed E-state index contributed by atoms with van der Waals surface area (Å²) in [5.41, 5.74) is 2.82. The van der Waals surface area contributed by atoms with E-state index in [0.717, 1.165) is 11.0 Å². The summed E-state index contributed by atoms with van der Waals surface area (Å²) in [4.78, 5) is 29.7. The van der Waals surface area contributed by atoms with E-state index >= 15 is 0 Å². The van der Waals surface area contributed by atoms with Gasteiger partial charge in [0.05, 0.1) is 17.8 Å². The van der Waals surface area contributed by atoms with Crippen molar-refractivity contribution < 1.29 is 23.4 Å². The summed E-state index contributed by atoms with van der Waals surface area (Å²) in [6.07, 6.45) is 0. The fourth-order valence-electron chi connectivity index (χ4n) is 3.21. The topological polar surface area (TPSA) is 87.0 Å². The van der Waals surface area contributed by atoms with Gasteiger partial charge in [0.1, 0.15) is 11.1 Å². The van der Waals surface area contributed by atoms with E-state index in [9.17, 15) is 9.59 Å². The number of hydrogen-bond donors (Lipinski definition) is 1. The molecule has 1 aliphatic heterocycles. The lowest BCUT2D eigenvalue weighted by Crippen LogP contribution is -2.41. The second-order valence-electron chi connectivity index (χ2n) is 8.54. The maximum Gasteiger partial charge on any atom is 0.494 e. The monoisotopic (exact) mass is 421 g/mol. The highest BCUT2D eigenvalue weighted by molar-refractivity contribution is 6.62. The van der Waals surface area contributed by atoms with E-state index in [1.807, 2.05) is 52.0 Å². The van der Waals surface area contributed by atoms with E-state index in [1.165, 1.54) is 6.07 Å². The lowest BCUT2D eigenvalue weighted by molar-refractivity contribution is 0.00578. The minimum Gasteiger partial charge on any atom is -0.422 e. The molecule has 0 radical (unpaired) electrons. The lowest BCUT2D eigenvalue weighted by atomic mass is 9.79. The van der Waals surface area contributed by atoms with Gasteiger partial charge in [0.15, 0.2) is 0 Å². The largest absolute Gasteiger partial charge is 0.494 e. The van der Waals surface area contributed by atoms with Crippen molar-refractivity contribution in [1.82, 2.24) is 5.48 Å². The van der Waals surface area contributed by atoms with Crippen molar-refractivity contribution in [3.63, 3.8) is 0 Å². The zero-order valence-corrected chi connectivity index (χ0v) is 17.9. The van der Waals surface area contributed by atoms with Gasteiger partial charge in [0.2, 0.25) is 0 Å². The Hall–Kier alpha value is -2.94. The maximum atomic E-state index is 12.3. The number of hydroxylamine groups is 1. The highest BCUT2D eigenvalue weighted by atomic mass is 16.7. The third-order valence-electron chi connectivity index (χ3n) is 5.79. The van der Waals surface area contributed by atoms with Crippen LogP contribution in [0.25, 0.3) is 11.0 Å². The molecule has 3 aromatic rings. The summed E-state index contributed by atoms with van der Waals surface area (Å²) in [5, 5.41) is 0.658. The molecule has 0 saturated carbocycles. The average molecular weight is 421 g/mol. The Kier molecular flexibility index (Phi) is 5.47. The number of para-hydroxylation sites is 1. The number of rotatable bonds is 5. The molecule has 31 heavy (non-hydrogen) atoms. The Morgan fingerprint density at radius 2 is 1.65 bits per heavy atom. The number of nitrogens with one attached hydrogen (secondary N) is 1. The number of hydrogen-bond acceptors (Lipinski definition) is 6. The van der Waals surface area contributed by atoms with Crippen LogP contribution in [0.3, 0.4) is 0 Å². The van der Waals surface area contributed by atoms with E-state index in [-0.39, 0.29) is 12.2 Å². The molecular formula is C23H24BNO6. The molecule has 8 heteroatoms. The summed E-state index contributed by atoms with van der Waals surface area (Å²) >= 11 is 0. The molecule has 4 rings (SSSR count). The average Bonchev–Trinajstić information content (AvgIpc) is 2.95. The van der Waals surface area contributed by atoms with Gasteiger partial charge in [-0.25, -0.2) is 10.3 Å². The zero-order valence-electron chi connectivity index (χ0n) is 17.9. The van der Waals surface area contributed by atoms with Gasteiger partial charge < -0.3 is 13.7 Å². The third-order valence-corrected chi connectivity index (χ3v) is 5.79. The van der Waals surface area contributed by atoms with Gasteiger partial charge in [-0.15, -0.1) is 0 Å². The van der Waals surface area contributed by atoms with Gasteiger partial charge in [0, 0.05) is 5.39 Å². The first-order valence-electron chi connectivity index (χ1n) is 10.1. The minimum atomic E-state index is -0.716. The highest BCUT2D eigenvalue weighted by Gasteiger charge is 2.51. The highest BCUT2D eigenvalue weighted by Crippen LogP contribution is 2.36. The van der Waals surface area contributed by atoms with Crippen molar-refractivity contribution in [1.29, 1.82) is 0 Å². The first kappa shape index (κ1) is 21.3. The van der Waals surface area contributed by atoms with Gasteiger partial charge >= 0.3 is 12.7 Å². The number of carbonyl (C=O) groups is 1. The van der Waals surface area contributed by atoms with Gasteiger partial charge in [-0.2, -0.15) is 0 Å². The zero-order chi connectivity index (χ0) is 22.2. The standard InChI is InChI=1S/C23H24BNO6/c1-22(2)23(3,4)31-24(30-22)17-11-9-15(10-12-17)14-28-25-20(26)18-13-16-7-5-6-8-19(16)29-21(18)27/h5-13H,14H2,1-4H3,(H,25,26). The molecule has 0 aliphatic carbocycles. The molecule has 1 saturated heterocycles. The molecule has 0 bridgehead atoms. The summed E-state index contributed by atoms with van der Waals surface area (Å²) in [7, 11) is -0.438. The molecule has 1 aliphatic rings. The molecule has 1 aromatic heterocycles. The van der Waals surface area contributed by atoms with E-state index in [0.29, 0.717) is 11.0 Å². The fraction of sp³-hybridized carbons (Fsp3) is 0.304. The predicted molar refractivity (Wildman–Crippen MR) is 117 cm³/mol. The molecule has 2 heterocycles. The summed E-state index contributed by atoms with van der Waals surface area (Å²) in [6, 6.07) is 16.0. The SMILES string of the molecule is CC1(C)OB(c2ccc(CONC(=O)c3cc4ccccc4oc3=O)cc2)OC1(C)C. The number of carbonyl (C=O) groups excluding carboxylic acids is 1. The van der Waals surface area contributed by atoms with Crippen molar-refractivity contribution in [3.8, 4) is 0 Å². The molecule has 7 nitrogen and oxygen atoms in total. The molecule has 1 N–H and O–H groups in total. The van der Waals surface area contributed by atoms with Gasteiger partial charge in [-0.3, -0.25) is 9.63 Å². The predicted octanol–water partition coefficient (Wildman–Crippen LogP) is 2.95. The summed E-state index contributed by atoms with van der Waals surface area (Å²) < 4.78 is 17.3. The molecule has 1 amide bonds.